The Kier molecular flexibility index (Phi) is 3.12. The van der Waals surface area contributed by atoms with Gasteiger partial charge in [0.15, 0.2) is 6.10 Å². The summed E-state index contributed by atoms with van der Waals surface area (Å²) in [5.74, 6) is -1.74. The third kappa shape index (κ3) is 2.25. The summed E-state index contributed by atoms with van der Waals surface area (Å²) in [6, 6.07) is 3.71. The van der Waals surface area contributed by atoms with Gasteiger partial charge in [-0.15, -0.1) is 0 Å². The number of aliphatic hydroxyl groups excluding tert-OH is 2. The molecule has 5 heteroatoms. The lowest BCUT2D eigenvalue weighted by Crippen LogP contribution is -2.16. The van der Waals surface area contributed by atoms with Crippen LogP contribution in [0.25, 0.3) is 0 Å². The van der Waals surface area contributed by atoms with Gasteiger partial charge in [-0.2, -0.15) is 5.26 Å². The van der Waals surface area contributed by atoms with E-state index < -0.39 is 23.8 Å². The zero-order valence-electron chi connectivity index (χ0n) is 6.98. The molecule has 0 amide bonds. The molecule has 0 spiro atoms. The van der Waals surface area contributed by atoms with Crippen LogP contribution in [-0.4, -0.2) is 16.3 Å². The van der Waals surface area contributed by atoms with Crippen LogP contribution in [-0.2, 0) is 0 Å². The van der Waals surface area contributed by atoms with Crippen LogP contribution >= 0.6 is 0 Å². The second kappa shape index (κ2) is 4.13. The molecule has 2 unspecified atom stereocenters. The standard InChI is InChI=1S/C9H7F2NO2/c10-6-1-5(2-7(11)3-6)9(14)8(13)4-12/h1-3,8-9,13-14H. The minimum atomic E-state index is -1.70. The molecule has 1 rings (SSSR count). The zero-order chi connectivity index (χ0) is 10.7. The van der Waals surface area contributed by atoms with Gasteiger partial charge in [-0.1, -0.05) is 0 Å². The first-order chi connectivity index (χ1) is 6.54. The molecule has 0 radical (unpaired) electrons. The summed E-state index contributed by atoms with van der Waals surface area (Å²) in [6.45, 7) is 0. The van der Waals surface area contributed by atoms with E-state index in [1.165, 1.54) is 6.07 Å². The van der Waals surface area contributed by atoms with Crippen molar-refractivity contribution in [1.29, 1.82) is 5.26 Å². The first kappa shape index (κ1) is 10.6. The summed E-state index contributed by atoms with van der Waals surface area (Å²) < 4.78 is 25.3. The highest BCUT2D eigenvalue weighted by Gasteiger charge is 2.18. The summed E-state index contributed by atoms with van der Waals surface area (Å²) >= 11 is 0. The van der Waals surface area contributed by atoms with Gasteiger partial charge in [0, 0.05) is 6.07 Å². The van der Waals surface area contributed by atoms with E-state index in [4.69, 9.17) is 10.4 Å². The van der Waals surface area contributed by atoms with Gasteiger partial charge in [0.2, 0.25) is 0 Å². The second-order valence-electron chi connectivity index (χ2n) is 2.72. The van der Waals surface area contributed by atoms with Gasteiger partial charge in [-0.3, -0.25) is 0 Å². The lowest BCUT2D eigenvalue weighted by Gasteiger charge is -2.11. The fourth-order valence-corrected chi connectivity index (χ4v) is 0.999. The number of benzene rings is 1. The smallest absolute Gasteiger partial charge is 0.170 e. The van der Waals surface area contributed by atoms with Crippen LogP contribution in [0.15, 0.2) is 18.2 Å². The lowest BCUT2D eigenvalue weighted by molar-refractivity contribution is 0.0524. The molecule has 0 fully saturated rings. The molecule has 0 saturated carbocycles. The predicted octanol–water partition coefficient (Wildman–Crippen LogP) is 0.883. The molecule has 0 bridgehead atoms. The van der Waals surface area contributed by atoms with E-state index in [2.05, 4.69) is 0 Å². The molecule has 0 aliphatic rings. The highest BCUT2D eigenvalue weighted by molar-refractivity contribution is 5.22. The molecule has 74 valence electrons. The van der Waals surface area contributed by atoms with E-state index in [0.717, 1.165) is 12.1 Å². The van der Waals surface area contributed by atoms with E-state index in [0.29, 0.717) is 6.07 Å². The molecule has 0 aromatic heterocycles. The molecule has 0 aliphatic heterocycles. The maximum Gasteiger partial charge on any atom is 0.170 e. The average molecular weight is 199 g/mol. The van der Waals surface area contributed by atoms with Crippen molar-refractivity contribution < 1.29 is 19.0 Å². The molecule has 0 heterocycles. The molecule has 2 N–H and O–H groups in total. The van der Waals surface area contributed by atoms with Crippen molar-refractivity contribution in [3.8, 4) is 6.07 Å². The van der Waals surface area contributed by atoms with Crippen molar-refractivity contribution in [2.24, 2.45) is 0 Å². The highest BCUT2D eigenvalue weighted by Crippen LogP contribution is 2.18. The van der Waals surface area contributed by atoms with Crippen molar-refractivity contribution in [2.75, 3.05) is 0 Å². The van der Waals surface area contributed by atoms with Crippen LogP contribution in [0.2, 0.25) is 0 Å². The van der Waals surface area contributed by atoms with Gasteiger partial charge < -0.3 is 10.2 Å². The Morgan fingerprint density at radius 3 is 2.07 bits per heavy atom. The fraction of sp³-hybridized carbons (Fsp3) is 0.222. The number of hydrogen-bond donors (Lipinski definition) is 2. The zero-order valence-corrected chi connectivity index (χ0v) is 6.98. The summed E-state index contributed by atoms with van der Waals surface area (Å²) in [4.78, 5) is 0. The van der Waals surface area contributed by atoms with Crippen molar-refractivity contribution in [2.45, 2.75) is 12.2 Å². The Labute approximate surface area is 78.8 Å². The van der Waals surface area contributed by atoms with Crippen LogP contribution < -0.4 is 0 Å². The first-order valence-electron chi connectivity index (χ1n) is 3.76. The molecular formula is C9H7F2NO2. The Bertz CT molecular complexity index is 355. The molecule has 1 aromatic rings. The number of hydrogen-bond acceptors (Lipinski definition) is 3. The Morgan fingerprint density at radius 2 is 1.64 bits per heavy atom. The van der Waals surface area contributed by atoms with Gasteiger partial charge in [0.05, 0.1) is 6.07 Å². The van der Waals surface area contributed by atoms with E-state index in [1.807, 2.05) is 0 Å². The Morgan fingerprint density at radius 1 is 1.14 bits per heavy atom. The molecular weight excluding hydrogens is 192 g/mol. The van der Waals surface area contributed by atoms with Crippen LogP contribution in [0.5, 0.6) is 0 Å². The van der Waals surface area contributed by atoms with E-state index in [1.54, 1.807) is 0 Å². The second-order valence-corrected chi connectivity index (χ2v) is 2.72. The number of aliphatic hydroxyl groups is 2. The Balaban J connectivity index is 3.02. The number of nitrogens with zero attached hydrogens (tertiary/aromatic N) is 1. The molecule has 0 saturated heterocycles. The lowest BCUT2D eigenvalue weighted by atomic mass is 10.1. The highest BCUT2D eigenvalue weighted by atomic mass is 19.1. The third-order valence-electron chi connectivity index (χ3n) is 1.66. The molecule has 2 atom stereocenters. The third-order valence-corrected chi connectivity index (χ3v) is 1.66. The fourth-order valence-electron chi connectivity index (χ4n) is 0.999. The van der Waals surface area contributed by atoms with Crippen molar-refractivity contribution in [3.63, 3.8) is 0 Å². The van der Waals surface area contributed by atoms with Gasteiger partial charge in [-0.25, -0.2) is 8.78 Å². The number of halogens is 2. The van der Waals surface area contributed by atoms with Gasteiger partial charge in [0.1, 0.15) is 17.7 Å². The van der Waals surface area contributed by atoms with E-state index in [-0.39, 0.29) is 5.56 Å². The van der Waals surface area contributed by atoms with Gasteiger partial charge >= 0.3 is 0 Å². The van der Waals surface area contributed by atoms with Crippen LogP contribution in [0.3, 0.4) is 0 Å². The van der Waals surface area contributed by atoms with Crippen molar-refractivity contribution in [1.82, 2.24) is 0 Å². The summed E-state index contributed by atoms with van der Waals surface area (Å²) in [6.07, 6.45) is -3.30. The number of nitriles is 1. The van der Waals surface area contributed by atoms with Gasteiger partial charge in [0.25, 0.3) is 0 Å². The quantitative estimate of drug-likeness (QED) is 0.695. The molecule has 14 heavy (non-hydrogen) atoms. The largest absolute Gasteiger partial charge is 0.385 e. The van der Waals surface area contributed by atoms with Crippen molar-refractivity contribution >= 4 is 0 Å². The van der Waals surface area contributed by atoms with Crippen LogP contribution in [0.4, 0.5) is 8.78 Å². The van der Waals surface area contributed by atoms with Gasteiger partial charge in [-0.05, 0) is 17.7 Å². The topological polar surface area (TPSA) is 64.2 Å². The summed E-state index contributed by atoms with van der Waals surface area (Å²) in [7, 11) is 0. The minimum Gasteiger partial charge on any atom is -0.385 e. The minimum absolute atomic E-state index is 0.170. The Hall–Kier alpha value is -1.51. The molecule has 0 aliphatic carbocycles. The SMILES string of the molecule is N#CC(O)C(O)c1cc(F)cc(F)c1. The average Bonchev–Trinajstić information content (AvgIpc) is 2.14. The normalized spacial score (nSPS) is 14.5. The van der Waals surface area contributed by atoms with Crippen molar-refractivity contribution in [3.05, 3.63) is 35.4 Å². The monoisotopic (exact) mass is 199 g/mol. The van der Waals surface area contributed by atoms with Crippen LogP contribution in [0.1, 0.15) is 11.7 Å². The molecule has 1 aromatic carbocycles. The summed E-state index contributed by atoms with van der Waals surface area (Å²) in [5, 5.41) is 26.4. The maximum absolute atomic E-state index is 12.6. The summed E-state index contributed by atoms with van der Waals surface area (Å²) in [5.41, 5.74) is -0.170. The predicted molar refractivity (Wildman–Crippen MR) is 42.9 cm³/mol. The van der Waals surface area contributed by atoms with Crippen LogP contribution in [0, 0.1) is 23.0 Å². The van der Waals surface area contributed by atoms with E-state index in [9.17, 15) is 13.9 Å². The molecule has 3 nitrogen and oxygen atoms in total. The first-order valence-corrected chi connectivity index (χ1v) is 3.76. The maximum atomic E-state index is 12.6. The number of rotatable bonds is 2. The van der Waals surface area contributed by atoms with E-state index >= 15 is 0 Å².